The summed E-state index contributed by atoms with van der Waals surface area (Å²) in [5, 5.41) is 9.25. The van der Waals surface area contributed by atoms with Crippen molar-refractivity contribution in [3.63, 3.8) is 0 Å². The first kappa shape index (κ1) is 9.25. The molecule has 0 bridgehead atoms. The van der Waals surface area contributed by atoms with Crippen LogP contribution in [0.5, 0.6) is 0 Å². The van der Waals surface area contributed by atoms with Gasteiger partial charge in [0.1, 0.15) is 0 Å². The van der Waals surface area contributed by atoms with Gasteiger partial charge in [-0.15, -0.1) is 0 Å². The molecule has 1 aliphatic rings. The third-order valence-electron chi connectivity index (χ3n) is 3.13. The standard InChI is InChI=1S/C12H14O2/c1-9-7-12(8-9,11(13)14)10-5-3-2-4-6-10/h2-6,9H,7-8H2,1H3,(H,13,14)/t9-,12-. The molecule has 1 aromatic rings. The Morgan fingerprint density at radius 2 is 1.93 bits per heavy atom. The van der Waals surface area contributed by atoms with Gasteiger partial charge in [0.2, 0.25) is 0 Å². The first-order valence-corrected chi connectivity index (χ1v) is 4.94. The van der Waals surface area contributed by atoms with Crippen LogP contribution in [-0.4, -0.2) is 11.1 Å². The van der Waals surface area contributed by atoms with E-state index >= 15 is 0 Å². The minimum Gasteiger partial charge on any atom is -0.481 e. The van der Waals surface area contributed by atoms with Gasteiger partial charge in [-0.2, -0.15) is 0 Å². The van der Waals surface area contributed by atoms with E-state index in [2.05, 4.69) is 6.92 Å². The topological polar surface area (TPSA) is 37.3 Å². The molecule has 1 aromatic carbocycles. The Bertz CT molecular complexity index is 337. The average Bonchev–Trinajstić information content (AvgIpc) is 2.13. The molecule has 0 amide bonds. The third-order valence-corrected chi connectivity index (χ3v) is 3.13. The monoisotopic (exact) mass is 190 g/mol. The molecule has 2 rings (SSSR count). The van der Waals surface area contributed by atoms with Gasteiger partial charge in [0.05, 0.1) is 5.41 Å². The second kappa shape index (κ2) is 3.12. The van der Waals surface area contributed by atoms with Crippen molar-refractivity contribution in [2.75, 3.05) is 0 Å². The van der Waals surface area contributed by atoms with Crippen molar-refractivity contribution in [2.45, 2.75) is 25.2 Å². The summed E-state index contributed by atoms with van der Waals surface area (Å²) in [6.45, 7) is 2.10. The van der Waals surface area contributed by atoms with Crippen LogP contribution in [0.15, 0.2) is 30.3 Å². The fourth-order valence-corrected chi connectivity index (χ4v) is 2.42. The van der Waals surface area contributed by atoms with Crippen molar-refractivity contribution >= 4 is 5.97 Å². The molecule has 0 atom stereocenters. The summed E-state index contributed by atoms with van der Waals surface area (Å²) < 4.78 is 0. The van der Waals surface area contributed by atoms with Gasteiger partial charge in [-0.05, 0) is 24.3 Å². The van der Waals surface area contributed by atoms with E-state index in [1.807, 2.05) is 30.3 Å². The fourth-order valence-electron chi connectivity index (χ4n) is 2.42. The van der Waals surface area contributed by atoms with Crippen LogP contribution < -0.4 is 0 Å². The van der Waals surface area contributed by atoms with Gasteiger partial charge in [0.15, 0.2) is 0 Å². The van der Waals surface area contributed by atoms with Crippen molar-refractivity contribution in [3.05, 3.63) is 35.9 Å². The quantitative estimate of drug-likeness (QED) is 0.777. The highest BCUT2D eigenvalue weighted by atomic mass is 16.4. The molecule has 2 heteroatoms. The van der Waals surface area contributed by atoms with Gasteiger partial charge in [-0.25, -0.2) is 0 Å². The first-order chi connectivity index (χ1) is 6.65. The smallest absolute Gasteiger partial charge is 0.314 e. The lowest BCUT2D eigenvalue weighted by Gasteiger charge is -2.43. The summed E-state index contributed by atoms with van der Waals surface area (Å²) in [7, 11) is 0. The summed E-state index contributed by atoms with van der Waals surface area (Å²) in [5.74, 6) is -0.145. The lowest BCUT2D eigenvalue weighted by atomic mass is 9.59. The number of hydrogen-bond acceptors (Lipinski definition) is 1. The fraction of sp³-hybridized carbons (Fsp3) is 0.417. The molecule has 0 aliphatic heterocycles. The number of aliphatic carboxylic acids is 1. The Kier molecular flexibility index (Phi) is 2.06. The van der Waals surface area contributed by atoms with Gasteiger partial charge in [-0.1, -0.05) is 37.3 Å². The van der Waals surface area contributed by atoms with Crippen LogP contribution >= 0.6 is 0 Å². The van der Waals surface area contributed by atoms with Crippen molar-refractivity contribution in [2.24, 2.45) is 5.92 Å². The lowest BCUT2D eigenvalue weighted by molar-refractivity contribution is -0.149. The van der Waals surface area contributed by atoms with Crippen LogP contribution in [0.3, 0.4) is 0 Å². The molecule has 14 heavy (non-hydrogen) atoms. The van der Waals surface area contributed by atoms with Gasteiger partial charge >= 0.3 is 5.97 Å². The highest BCUT2D eigenvalue weighted by molar-refractivity contribution is 5.82. The summed E-state index contributed by atoms with van der Waals surface area (Å²) in [4.78, 5) is 11.2. The number of rotatable bonds is 2. The number of carbonyl (C=O) groups is 1. The molecule has 1 saturated carbocycles. The maximum absolute atomic E-state index is 11.2. The van der Waals surface area contributed by atoms with Gasteiger partial charge in [-0.3, -0.25) is 4.79 Å². The molecule has 1 fully saturated rings. The molecule has 0 aromatic heterocycles. The zero-order valence-electron chi connectivity index (χ0n) is 8.23. The van der Waals surface area contributed by atoms with Crippen molar-refractivity contribution in [3.8, 4) is 0 Å². The van der Waals surface area contributed by atoms with Crippen molar-refractivity contribution in [1.82, 2.24) is 0 Å². The molecular weight excluding hydrogens is 176 g/mol. The van der Waals surface area contributed by atoms with E-state index in [0.29, 0.717) is 5.92 Å². The molecule has 0 spiro atoms. The van der Waals surface area contributed by atoms with Crippen LogP contribution in [0, 0.1) is 5.92 Å². The Hall–Kier alpha value is -1.31. The predicted molar refractivity (Wildman–Crippen MR) is 54.2 cm³/mol. The summed E-state index contributed by atoms with van der Waals surface area (Å²) in [6, 6.07) is 9.56. The van der Waals surface area contributed by atoms with E-state index in [0.717, 1.165) is 18.4 Å². The lowest BCUT2D eigenvalue weighted by Crippen LogP contribution is -2.46. The summed E-state index contributed by atoms with van der Waals surface area (Å²) in [6.07, 6.45) is 1.54. The summed E-state index contributed by atoms with van der Waals surface area (Å²) in [5.41, 5.74) is 0.353. The van der Waals surface area contributed by atoms with E-state index in [9.17, 15) is 9.90 Å². The zero-order valence-corrected chi connectivity index (χ0v) is 8.23. The summed E-state index contributed by atoms with van der Waals surface area (Å²) >= 11 is 0. The third kappa shape index (κ3) is 1.22. The molecule has 0 radical (unpaired) electrons. The molecule has 1 N–H and O–H groups in total. The van der Waals surface area contributed by atoms with Gasteiger partial charge < -0.3 is 5.11 Å². The van der Waals surface area contributed by atoms with Crippen LogP contribution in [0.1, 0.15) is 25.3 Å². The van der Waals surface area contributed by atoms with Crippen LogP contribution in [0.4, 0.5) is 0 Å². The molecule has 2 nitrogen and oxygen atoms in total. The Labute approximate surface area is 83.6 Å². The van der Waals surface area contributed by atoms with E-state index < -0.39 is 11.4 Å². The van der Waals surface area contributed by atoms with Gasteiger partial charge in [0, 0.05) is 0 Å². The van der Waals surface area contributed by atoms with Crippen molar-refractivity contribution in [1.29, 1.82) is 0 Å². The van der Waals surface area contributed by atoms with Crippen molar-refractivity contribution < 1.29 is 9.90 Å². The zero-order chi connectivity index (χ0) is 10.2. The maximum Gasteiger partial charge on any atom is 0.314 e. The normalized spacial score (nSPS) is 30.8. The second-order valence-corrected chi connectivity index (χ2v) is 4.27. The van der Waals surface area contributed by atoms with Crippen LogP contribution in [-0.2, 0) is 10.2 Å². The highest BCUT2D eigenvalue weighted by Crippen LogP contribution is 2.47. The minimum absolute atomic E-state index is 0.534. The first-order valence-electron chi connectivity index (χ1n) is 4.94. The van der Waals surface area contributed by atoms with E-state index in [1.165, 1.54) is 0 Å². The van der Waals surface area contributed by atoms with Crippen LogP contribution in [0.25, 0.3) is 0 Å². The van der Waals surface area contributed by atoms with E-state index in [4.69, 9.17) is 0 Å². The number of benzene rings is 1. The SMILES string of the molecule is C[C@H]1C[C@@](C(=O)O)(c2ccccc2)C1. The molecule has 0 unspecified atom stereocenters. The molecule has 74 valence electrons. The Balaban J connectivity index is 2.34. The Morgan fingerprint density at radius 3 is 2.36 bits per heavy atom. The second-order valence-electron chi connectivity index (χ2n) is 4.27. The molecule has 1 aliphatic carbocycles. The molecular formula is C12H14O2. The largest absolute Gasteiger partial charge is 0.481 e. The van der Waals surface area contributed by atoms with Crippen LogP contribution in [0.2, 0.25) is 0 Å². The molecule has 0 saturated heterocycles. The minimum atomic E-state index is -0.679. The number of hydrogen-bond donors (Lipinski definition) is 1. The highest BCUT2D eigenvalue weighted by Gasteiger charge is 2.49. The predicted octanol–water partition coefficient (Wildman–Crippen LogP) is 2.44. The maximum atomic E-state index is 11.2. The molecule has 0 heterocycles. The number of carboxylic acids is 1. The number of carboxylic acid groups (broad SMARTS) is 1. The average molecular weight is 190 g/mol. The Morgan fingerprint density at radius 1 is 1.36 bits per heavy atom. The van der Waals surface area contributed by atoms with E-state index in [1.54, 1.807) is 0 Å². The van der Waals surface area contributed by atoms with E-state index in [-0.39, 0.29) is 0 Å². The van der Waals surface area contributed by atoms with Gasteiger partial charge in [0.25, 0.3) is 0 Å².